The third-order valence-electron chi connectivity index (χ3n) is 13.5. The monoisotopic (exact) mass is 873 g/mol. The summed E-state index contributed by atoms with van der Waals surface area (Å²) in [5.41, 5.74) is 4.32. The van der Waals surface area contributed by atoms with Gasteiger partial charge in [-0.05, 0) is 100 Å². The number of amides is 2. The Bertz CT molecular complexity index is 2490. The van der Waals surface area contributed by atoms with Crippen LogP contribution in [0.15, 0.2) is 77.9 Å². The topological polar surface area (TPSA) is 141 Å². The van der Waals surface area contributed by atoms with Gasteiger partial charge in [0.1, 0.15) is 0 Å². The van der Waals surface area contributed by atoms with E-state index >= 15 is 0 Å². The van der Waals surface area contributed by atoms with Gasteiger partial charge in [0.05, 0.1) is 39.9 Å². The number of halogens is 1. The van der Waals surface area contributed by atoms with Crippen LogP contribution in [-0.2, 0) is 35.4 Å². The number of carbonyl (C=O) groups excluding carboxylic acids is 3. The van der Waals surface area contributed by atoms with Crippen LogP contribution in [0.5, 0.6) is 0 Å². The van der Waals surface area contributed by atoms with E-state index in [9.17, 15) is 24.3 Å². The maximum atomic E-state index is 14.2. The molecule has 12 nitrogen and oxygen atoms in total. The van der Waals surface area contributed by atoms with Crippen molar-refractivity contribution in [2.45, 2.75) is 95.6 Å². The molecule has 4 heterocycles. The fraction of sp³-hybridized carbons (Fsp3) is 0.480. The lowest BCUT2D eigenvalue weighted by molar-refractivity contribution is -0.140. The highest BCUT2D eigenvalue weighted by Crippen LogP contribution is 2.33. The minimum atomic E-state index is -1.19. The van der Waals surface area contributed by atoms with Crippen LogP contribution in [-0.4, -0.2) is 110 Å². The van der Waals surface area contributed by atoms with Crippen LogP contribution >= 0.6 is 11.6 Å². The molecule has 5 aromatic rings. The summed E-state index contributed by atoms with van der Waals surface area (Å²) < 4.78 is 1.45. The number of aliphatic hydroxyl groups is 1. The number of ketones is 1. The average Bonchev–Trinajstić information content (AvgIpc) is 3.54. The number of carbonyl (C=O) groups is 3. The van der Waals surface area contributed by atoms with E-state index in [1.165, 1.54) is 17.3 Å². The van der Waals surface area contributed by atoms with Crippen molar-refractivity contribution in [2.75, 3.05) is 58.2 Å². The van der Waals surface area contributed by atoms with Gasteiger partial charge in [-0.1, -0.05) is 66.9 Å². The molecular formula is C50H60ClN7O5. The van der Waals surface area contributed by atoms with Crippen LogP contribution < -0.4 is 10.9 Å². The number of piperazine rings is 1. The first kappa shape index (κ1) is 44.6. The van der Waals surface area contributed by atoms with E-state index in [1.807, 2.05) is 53.4 Å². The number of hydrogen-bond acceptors (Lipinski definition) is 9. The molecule has 1 aliphatic carbocycles. The molecule has 3 aromatic carbocycles. The smallest absolute Gasteiger partial charge is 0.261 e. The summed E-state index contributed by atoms with van der Waals surface area (Å²) in [7, 11) is 2.11. The Morgan fingerprint density at radius 3 is 2.41 bits per heavy atom. The summed E-state index contributed by atoms with van der Waals surface area (Å²) in [4.78, 5) is 69.8. The standard InChI is InChI=1S/C50H60ClN7O5/c1-55-26-28-56(29-27-55)23-20-46(60)53-38-17-19-41-43(32-38)52-34-58(49(41)62)33-50(63)21-24-57(25-22-50)48(61)37(30-35-10-4-2-5-11-35)12-8-9-15-45(59)36-16-18-40-44(31-36)54-42-14-7-3-6-13-39(42)47(40)51/h2,4-5,10-11,16-19,31-32,34,37,63H,3,6-9,12-15,20-30,33H2,1H3,(H,53,60). The third kappa shape index (κ3) is 11.0. The van der Waals surface area contributed by atoms with Crippen LogP contribution in [0.2, 0.25) is 5.02 Å². The molecule has 3 aliphatic rings. The van der Waals surface area contributed by atoms with E-state index < -0.39 is 5.60 Å². The summed E-state index contributed by atoms with van der Waals surface area (Å²) in [5, 5.41) is 16.8. The zero-order valence-corrected chi connectivity index (χ0v) is 37.3. The Kier molecular flexibility index (Phi) is 14.3. The van der Waals surface area contributed by atoms with E-state index in [0.29, 0.717) is 86.7 Å². The Morgan fingerprint density at radius 2 is 1.62 bits per heavy atom. The van der Waals surface area contributed by atoms with Gasteiger partial charge in [0.2, 0.25) is 11.8 Å². The Hall–Kier alpha value is -5.01. The molecule has 13 heteroatoms. The van der Waals surface area contributed by atoms with Gasteiger partial charge >= 0.3 is 0 Å². The highest BCUT2D eigenvalue weighted by molar-refractivity contribution is 6.36. The van der Waals surface area contributed by atoms with Crippen molar-refractivity contribution in [1.82, 2.24) is 29.2 Å². The highest BCUT2D eigenvalue weighted by atomic mass is 35.5. The van der Waals surface area contributed by atoms with Crippen LogP contribution in [0, 0.1) is 5.92 Å². The number of nitrogens with zero attached hydrogens (tertiary/aromatic N) is 6. The molecule has 2 N–H and O–H groups in total. The summed E-state index contributed by atoms with van der Waals surface area (Å²) in [6.07, 6.45) is 10.7. The number of benzene rings is 3. The molecule has 332 valence electrons. The second-order valence-electron chi connectivity index (χ2n) is 18.1. The Labute approximate surface area is 374 Å². The zero-order chi connectivity index (χ0) is 43.9. The van der Waals surface area contributed by atoms with Gasteiger partial charge in [0, 0.05) is 86.9 Å². The molecule has 0 bridgehead atoms. The normalized spacial score (nSPS) is 17.6. The second kappa shape index (κ2) is 20.2. The molecule has 2 saturated heterocycles. The van der Waals surface area contributed by atoms with Crippen molar-refractivity contribution >= 4 is 56.7 Å². The molecule has 63 heavy (non-hydrogen) atoms. The lowest BCUT2D eigenvalue weighted by atomic mass is 9.88. The lowest BCUT2D eigenvalue weighted by Crippen LogP contribution is -2.51. The van der Waals surface area contributed by atoms with E-state index in [-0.39, 0.29) is 35.6 Å². The number of likely N-dealkylation sites (N-methyl/N-ethyl adjacent to an activating group) is 1. The largest absolute Gasteiger partial charge is 0.388 e. The molecule has 2 amide bonds. The minimum absolute atomic E-state index is 0.0515. The molecule has 2 aliphatic heterocycles. The number of hydrogen-bond donors (Lipinski definition) is 2. The van der Waals surface area contributed by atoms with Gasteiger partial charge in [-0.25, -0.2) is 4.98 Å². The molecular weight excluding hydrogens is 814 g/mol. The predicted octanol–water partition coefficient (Wildman–Crippen LogP) is 7.10. The number of fused-ring (bicyclic) bond motifs is 3. The first-order valence-electron chi connectivity index (χ1n) is 22.9. The number of pyridine rings is 1. The number of unbranched alkanes of at least 4 members (excludes halogenated alkanes) is 1. The molecule has 0 radical (unpaired) electrons. The van der Waals surface area contributed by atoms with E-state index in [0.717, 1.165) is 91.0 Å². The number of nitrogens with one attached hydrogen (secondary N) is 1. The van der Waals surface area contributed by atoms with Crippen molar-refractivity contribution in [3.05, 3.63) is 111 Å². The average molecular weight is 875 g/mol. The Morgan fingerprint density at radius 1 is 0.857 bits per heavy atom. The number of aryl methyl sites for hydroxylation is 1. The van der Waals surface area contributed by atoms with Crippen molar-refractivity contribution in [2.24, 2.45) is 5.92 Å². The fourth-order valence-corrected chi connectivity index (χ4v) is 9.89. The number of likely N-dealkylation sites (tertiary alicyclic amines) is 1. The van der Waals surface area contributed by atoms with Crippen LogP contribution in [0.1, 0.15) is 91.4 Å². The van der Waals surface area contributed by atoms with Crippen molar-refractivity contribution in [3.8, 4) is 0 Å². The van der Waals surface area contributed by atoms with Crippen LogP contribution in [0.25, 0.3) is 21.8 Å². The first-order valence-corrected chi connectivity index (χ1v) is 23.3. The highest BCUT2D eigenvalue weighted by Gasteiger charge is 2.36. The third-order valence-corrected chi connectivity index (χ3v) is 13.9. The second-order valence-corrected chi connectivity index (χ2v) is 18.5. The Balaban J connectivity index is 0.845. The van der Waals surface area contributed by atoms with E-state index in [1.54, 1.807) is 18.2 Å². The summed E-state index contributed by atoms with van der Waals surface area (Å²) in [6, 6.07) is 20.8. The molecule has 8 rings (SSSR count). The number of aromatic nitrogens is 3. The molecule has 1 atom stereocenters. The summed E-state index contributed by atoms with van der Waals surface area (Å²) in [6.45, 7) is 5.40. The lowest BCUT2D eigenvalue weighted by Gasteiger charge is -2.39. The maximum absolute atomic E-state index is 14.2. The van der Waals surface area contributed by atoms with Crippen molar-refractivity contribution in [3.63, 3.8) is 0 Å². The fourth-order valence-electron chi connectivity index (χ4n) is 9.53. The van der Waals surface area contributed by atoms with Crippen molar-refractivity contribution in [1.29, 1.82) is 0 Å². The molecule has 2 aromatic heterocycles. The summed E-state index contributed by atoms with van der Waals surface area (Å²) in [5.74, 6) is -0.237. The minimum Gasteiger partial charge on any atom is -0.388 e. The van der Waals surface area contributed by atoms with Gasteiger partial charge in [0.15, 0.2) is 5.78 Å². The van der Waals surface area contributed by atoms with Gasteiger partial charge in [-0.3, -0.25) is 28.7 Å². The first-order chi connectivity index (χ1) is 30.5. The van der Waals surface area contributed by atoms with Crippen LogP contribution in [0.3, 0.4) is 0 Å². The number of anilines is 1. The summed E-state index contributed by atoms with van der Waals surface area (Å²) >= 11 is 6.85. The molecule has 0 spiro atoms. The zero-order valence-electron chi connectivity index (χ0n) is 36.5. The van der Waals surface area contributed by atoms with Crippen LogP contribution in [0.4, 0.5) is 5.69 Å². The maximum Gasteiger partial charge on any atom is 0.261 e. The number of piperidine rings is 1. The molecule has 1 unspecified atom stereocenters. The van der Waals surface area contributed by atoms with Gasteiger partial charge < -0.3 is 25.1 Å². The SMILES string of the molecule is CN1CCN(CCC(=O)Nc2ccc3c(=O)n(CC4(O)CCN(C(=O)C(CCCCC(=O)c5ccc6c(Cl)c7c(nc6c5)CCCCC7)Cc5ccccc5)CC4)cnc3c2)CC1. The van der Waals surface area contributed by atoms with Gasteiger partial charge in [0.25, 0.3) is 5.56 Å². The van der Waals surface area contributed by atoms with E-state index in [4.69, 9.17) is 16.6 Å². The molecule has 0 saturated carbocycles. The number of rotatable bonds is 15. The van der Waals surface area contributed by atoms with Gasteiger partial charge in [-0.15, -0.1) is 0 Å². The van der Waals surface area contributed by atoms with Gasteiger partial charge in [-0.2, -0.15) is 0 Å². The quantitative estimate of drug-likeness (QED) is 0.0641. The van der Waals surface area contributed by atoms with E-state index in [2.05, 4.69) is 27.1 Å². The predicted molar refractivity (Wildman–Crippen MR) is 248 cm³/mol. The number of Topliss-reactive ketones (excluding diaryl/α,β-unsaturated/α-hetero) is 1. The molecule has 2 fully saturated rings. The van der Waals surface area contributed by atoms with Crippen molar-refractivity contribution < 1.29 is 19.5 Å².